The van der Waals surface area contributed by atoms with Gasteiger partial charge in [-0.15, -0.1) is 0 Å². The minimum Gasteiger partial charge on any atom is -0.492 e. The predicted octanol–water partition coefficient (Wildman–Crippen LogP) is 2.91. The highest BCUT2D eigenvalue weighted by Gasteiger charge is 2.19. The maximum absolute atomic E-state index is 9.98. The van der Waals surface area contributed by atoms with Crippen LogP contribution in [0.1, 0.15) is 49.1 Å². The van der Waals surface area contributed by atoms with Crippen molar-refractivity contribution in [3.8, 4) is 5.88 Å². The molecule has 1 aromatic carbocycles. The molecule has 146 valence electrons. The van der Waals surface area contributed by atoms with Crippen molar-refractivity contribution in [2.75, 3.05) is 18.5 Å². The number of hydrogen-bond acceptors (Lipinski definition) is 7. The van der Waals surface area contributed by atoms with Crippen molar-refractivity contribution in [1.82, 2.24) is 9.69 Å². The molecule has 1 aromatic heterocycles. The first-order valence-electron chi connectivity index (χ1n) is 9.25. The van der Waals surface area contributed by atoms with Crippen LogP contribution < -0.4 is 10.6 Å². The lowest BCUT2D eigenvalue weighted by Crippen LogP contribution is -2.34. The van der Waals surface area contributed by atoms with E-state index < -0.39 is 12.7 Å². The fourth-order valence-corrected chi connectivity index (χ4v) is 4.09. The van der Waals surface area contributed by atoms with Crippen molar-refractivity contribution < 1.29 is 15.3 Å². The molecule has 0 radical (unpaired) electrons. The average molecular weight is 391 g/mol. The van der Waals surface area contributed by atoms with Crippen LogP contribution in [0.15, 0.2) is 24.3 Å². The molecule has 0 amide bonds. The van der Waals surface area contributed by atoms with E-state index in [2.05, 4.69) is 27.1 Å². The van der Waals surface area contributed by atoms with Gasteiger partial charge in [0.15, 0.2) is 0 Å². The Bertz CT molecular complexity index is 757. The standard InChI is InChI=1S/C19H26N4O3S/c20-17(21-10-15(25)11-24)16-18(26)23-27-19(16)22-14-8-6-13(7-9-14)12-4-2-1-3-5-12/h6-9,12,15,22,24-25H,1-5,10-11H2,(H2,20,21)(H,23,26). The van der Waals surface area contributed by atoms with E-state index in [4.69, 9.17) is 10.5 Å². The Hall–Kier alpha value is -2.16. The molecule has 7 nitrogen and oxygen atoms in total. The van der Waals surface area contributed by atoms with Crippen LogP contribution in [0, 0.1) is 5.41 Å². The molecule has 6 N–H and O–H groups in total. The van der Waals surface area contributed by atoms with E-state index in [-0.39, 0.29) is 23.8 Å². The van der Waals surface area contributed by atoms with Gasteiger partial charge in [0.2, 0.25) is 5.88 Å². The van der Waals surface area contributed by atoms with E-state index in [0.717, 1.165) is 17.2 Å². The largest absolute Gasteiger partial charge is 0.492 e. The maximum Gasteiger partial charge on any atom is 0.236 e. The number of nitrogens with one attached hydrogen (secondary N) is 3. The number of benzene rings is 1. The fourth-order valence-electron chi connectivity index (χ4n) is 3.37. The number of aliphatic hydroxyl groups excluding tert-OH is 2. The smallest absolute Gasteiger partial charge is 0.236 e. The van der Waals surface area contributed by atoms with E-state index in [1.807, 2.05) is 12.1 Å². The summed E-state index contributed by atoms with van der Waals surface area (Å²) < 4.78 is 3.91. The summed E-state index contributed by atoms with van der Waals surface area (Å²) in [6, 6.07) is 8.30. The van der Waals surface area contributed by atoms with E-state index >= 15 is 0 Å². The lowest BCUT2D eigenvalue weighted by atomic mass is 9.84. The Balaban J connectivity index is 1.68. The molecule has 1 fully saturated rings. The summed E-state index contributed by atoms with van der Waals surface area (Å²) in [5.74, 6) is 0.346. The number of nitrogens with zero attached hydrogens (tertiary/aromatic N) is 1. The van der Waals surface area contributed by atoms with Crippen molar-refractivity contribution in [2.24, 2.45) is 0 Å². The SMILES string of the molecule is N=C(NCC(O)CO)c1c(O)nsc1Nc1ccc(C2CCCCC2)cc1. The number of aliphatic hydroxyl groups is 2. The number of anilines is 2. The molecule has 1 aliphatic rings. The molecule has 2 aromatic rings. The molecule has 0 aliphatic heterocycles. The van der Waals surface area contributed by atoms with E-state index in [1.165, 1.54) is 37.7 Å². The monoisotopic (exact) mass is 390 g/mol. The number of rotatable bonds is 7. The lowest BCUT2D eigenvalue weighted by Gasteiger charge is -2.22. The summed E-state index contributed by atoms with van der Waals surface area (Å²) in [5, 5.41) is 42.8. The van der Waals surface area contributed by atoms with Gasteiger partial charge in [0.25, 0.3) is 0 Å². The van der Waals surface area contributed by atoms with Gasteiger partial charge >= 0.3 is 0 Å². The third-order valence-corrected chi connectivity index (χ3v) is 5.65. The van der Waals surface area contributed by atoms with Gasteiger partial charge in [-0.25, -0.2) is 0 Å². The third kappa shape index (κ3) is 4.97. The molecule has 1 unspecified atom stereocenters. The Labute approximate surface area is 162 Å². The summed E-state index contributed by atoms with van der Waals surface area (Å²) >= 11 is 1.07. The van der Waals surface area contributed by atoms with Crippen LogP contribution >= 0.6 is 11.5 Å². The highest BCUT2D eigenvalue weighted by molar-refractivity contribution is 7.11. The van der Waals surface area contributed by atoms with Crippen LogP contribution in [0.4, 0.5) is 10.7 Å². The Kier molecular flexibility index (Phi) is 6.65. The second kappa shape index (κ2) is 9.16. The second-order valence-corrected chi connectivity index (χ2v) is 7.66. The number of hydrogen-bond donors (Lipinski definition) is 6. The van der Waals surface area contributed by atoms with Gasteiger partial charge in [0.05, 0.1) is 12.7 Å². The molecule has 3 rings (SSSR count). The highest BCUT2D eigenvalue weighted by atomic mass is 32.1. The van der Waals surface area contributed by atoms with Crippen LogP contribution in [0.25, 0.3) is 0 Å². The normalized spacial score (nSPS) is 16.1. The van der Waals surface area contributed by atoms with Gasteiger partial charge in [-0.3, -0.25) is 5.41 Å². The zero-order chi connectivity index (χ0) is 19.2. The second-order valence-electron chi connectivity index (χ2n) is 6.88. The molecular formula is C19H26N4O3S. The summed E-state index contributed by atoms with van der Waals surface area (Å²) in [6.07, 6.45) is 5.47. The van der Waals surface area contributed by atoms with Crippen molar-refractivity contribution >= 4 is 28.1 Å². The molecule has 27 heavy (non-hydrogen) atoms. The Morgan fingerprint density at radius 3 is 2.59 bits per heavy atom. The van der Waals surface area contributed by atoms with Crippen LogP contribution in [-0.4, -0.2) is 44.8 Å². The summed E-state index contributed by atoms with van der Waals surface area (Å²) in [4.78, 5) is 0. The summed E-state index contributed by atoms with van der Waals surface area (Å²) in [5.41, 5.74) is 2.48. The van der Waals surface area contributed by atoms with E-state index in [0.29, 0.717) is 10.9 Å². The van der Waals surface area contributed by atoms with Crippen LogP contribution in [-0.2, 0) is 0 Å². The van der Waals surface area contributed by atoms with E-state index in [1.54, 1.807) is 0 Å². The van der Waals surface area contributed by atoms with Crippen molar-refractivity contribution in [2.45, 2.75) is 44.1 Å². The third-order valence-electron chi connectivity index (χ3n) is 4.89. The first kappa shape index (κ1) is 19.6. The van der Waals surface area contributed by atoms with Gasteiger partial charge in [-0.1, -0.05) is 31.4 Å². The molecule has 1 saturated carbocycles. The quantitative estimate of drug-likeness (QED) is 0.319. The van der Waals surface area contributed by atoms with Crippen molar-refractivity contribution in [3.05, 3.63) is 35.4 Å². The molecule has 1 heterocycles. The minimum atomic E-state index is -0.970. The molecule has 0 saturated heterocycles. The van der Waals surface area contributed by atoms with Gasteiger partial charge in [-0.05, 0) is 48.0 Å². The minimum absolute atomic E-state index is 0.0140. The lowest BCUT2D eigenvalue weighted by molar-refractivity contribution is 0.0982. The Morgan fingerprint density at radius 2 is 1.93 bits per heavy atom. The number of aromatic hydroxyl groups is 1. The molecular weight excluding hydrogens is 364 g/mol. The molecule has 8 heteroatoms. The van der Waals surface area contributed by atoms with Crippen LogP contribution in [0.5, 0.6) is 5.88 Å². The van der Waals surface area contributed by atoms with Gasteiger partial charge < -0.3 is 26.0 Å². The number of amidine groups is 1. The topological polar surface area (TPSA) is 121 Å². The average Bonchev–Trinajstić information content (AvgIpc) is 3.07. The van der Waals surface area contributed by atoms with Gasteiger partial charge in [0, 0.05) is 12.2 Å². The molecule has 1 aliphatic carbocycles. The van der Waals surface area contributed by atoms with Gasteiger partial charge in [0.1, 0.15) is 16.4 Å². The zero-order valence-corrected chi connectivity index (χ0v) is 15.9. The first-order chi connectivity index (χ1) is 13.1. The van der Waals surface area contributed by atoms with E-state index in [9.17, 15) is 10.2 Å². The van der Waals surface area contributed by atoms with Crippen molar-refractivity contribution in [3.63, 3.8) is 0 Å². The van der Waals surface area contributed by atoms with Crippen LogP contribution in [0.2, 0.25) is 0 Å². The predicted molar refractivity (Wildman–Crippen MR) is 107 cm³/mol. The first-order valence-corrected chi connectivity index (χ1v) is 10.0. The summed E-state index contributed by atoms with van der Waals surface area (Å²) in [7, 11) is 0. The van der Waals surface area contributed by atoms with Crippen molar-refractivity contribution in [1.29, 1.82) is 5.41 Å². The molecule has 0 spiro atoms. The van der Waals surface area contributed by atoms with Crippen LogP contribution in [0.3, 0.4) is 0 Å². The Morgan fingerprint density at radius 1 is 1.22 bits per heavy atom. The summed E-state index contributed by atoms with van der Waals surface area (Å²) in [6.45, 7) is -0.382. The molecule has 0 bridgehead atoms. The number of aromatic nitrogens is 1. The highest BCUT2D eigenvalue weighted by Crippen LogP contribution is 2.35. The zero-order valence-electron chi connectivity index (χ0n) is 15.1. The fraction of sp³-hybridized carbons (Fsp3) is 0.474. The molecule has 1 atom stereocenters. The maximum atomic E-state index is 9.98. The van der Waals surface area contributed by atoms with Gasteiger partial charge in [-0.2, -0.15) is 4.37 Å².